The van der Waals surface area contributed by atoms with Gasteiger partial charge in [-0.3, -0.25) is 24.1 Å². The second-order valence-corrected chi connectivity index (χ2v) is 18.0. The summed E-state index contributed by atoms with van der Waals surface area (Å²) in [6.07, 6.45) is 5.99. The van der Waals surface area contributed by atoms with Gasteiger partial charge in [0.25, 0.3) is 11.7 Å². The van der Waals surface area contributed by atoms with Gasteiger partial charge in [0.2, 0.25) is 11.6 Å². The number of methoxy groups -OCH3 is 2. The molecule has 2 saturated heterocycles. The number of nitrogens with zero attached hydrogens (tertiary/aromatic N) is 2. The summed E-state index contributed by atoms with van der Waals surface area (Å²) in [7, 11) is 3.12. The van der Waals surface area contributed by atoms with Crippen molar-refractivity contribution in [1.82, 2.24) is 15.1 Å². The van der Waals surface area contributed by atoms with E-state index in [0.29, 0.717) is 32.1 Å². The van der Waals surface area contributed by atoms with Crippen LogP contribution in [0.5, 0.6) is 11.5 Å². The van der Waals surface area contributed by atoms with Crippen LogP contribution in [0.2, 0.25) is 0 Å². The fourth-order valence-electron chi connectivity index (χ4n) is 9.59. The second-order valence-electron chi connectivity index (χ2n) is 18.0. The number of piperazine rings is 1. The van der Waals surface area contributed by atoms with E-state index in [9.17, 15) is 29.4 Å². The number of rotatable bonds is 5. The Balaban J connectivity index is 1.46. The van der Waals surface area contributed by atoms with E-state index in [1.54, 1.807) is 37.2 Å². The van der Waals surface area contributed by atoms with Crippen LogP contribution in [-0.2, 0) is 23.7 Å². The Morgan fingerprint density at radius 3 is 2.18 bits per heavy atom. The molecule has 8 aliphatic rings. The third-order valence-corrected chi connectivity index (χ3v) is 13.5. The molecule has 7 bridgehead atoms. The SMILES string of the molecule is COC1C=COC2(C)Oc3c(C)c(O)c4c(c3C2=O)C(=O)C(N2CCN(CC(C)C)CC2)=C(NC(=O)C(C)=CC=CC2(C)OC(C(C)C(O)C(C)C(OC)C1C)C2C)C4=O. The molecule has 9 rings (SSSR count). The van der Waals surface area contributed by atoms with Gasteiger partial charge in [0.1, 0.15) is 22.9 Å². The lowest BCUT2D eigenvalue weighted by molar-refractivity contribution is -0.251. The maximum Gasteiger partial charge on any atom is 0.312 e. The number of aliphatic hydroxyl groups is 1. The molecule has 14 heteroatoms. The van der Waals surface area contributed by atoms with Gasteiger partial charge in [-0.2, -0.15) is 0 Å². The van der Waals surface area contributed by atoms with Crippen molar-refractivity contribution in [2.45, 2.75) is 105 Å². The van der Waals surface area contributed by atoms with Crippen LogP contribution in [-0.4, -0.2) is 126 Å². The van der Waals surface area contributed by atoms with Crippen LogP contribution in [0.25, 0.3) is 0 Å². The van der Waals surface area contributed by atoms with Crippen LogP contribution in [0, 0.1) is 36.5 Å². The summed E-state index contributed by atoms with van der Waals surface area (Å²) in [6.45, 7) is 21.4. The molecule has 1 aromatic carbocycles. The number of ether oxygens (including phenoxy) is 5. The normalized spacial score (nSPS) is 34.3. The standard InChI is InChI=1S/C46H63N3O11/c1-23(2)22-48-17-19-49(20-18-48)35-34-38(52)32-31(39(35)53)33-42(28(7)37(32)51)60-46(10,43(33)54)58-21-15-30(56-11)25(4)40(57-12)26(5)36(50)27(6)41-29(8)45(9,59-41)16-13-14-24(3)44(55)47-34/h13-16,21,23,25-27,29-30,36,40-41,50-51H,17-20,22H2,1-12H3,(H,47,55). The van der Waals surface area contributed by atoms with Gasteiger partial charge < -0.3 is 44.1 Å². The highest BCUT2D eigenvalue weighted by atomic mass is 16.7. The Morgan fingerprint density at radius 1 is 0.917 bits per heavy atom. The number of carbonyl (C=O) groups is 4. The van der Waals surface area contributed by atoms with Crippen molar-refractivity contribution in [2.24, 2.45) is 29.6 Å². The van der Waals surface area contributed by atoms with Crippen LogP contribution in [0.1, 0.15) is 99.0 Å². The number of phenols is 1. The fourth-order valence-corrected chi connectivity index (χ4v) is 9.59. The lowest BCUT2D eigenvalue weighted by Gasteiger charge is -2.54. The molecule has 60 heavy (non-hydrogen) atoms. The van der Waals surface area contributed by atoms with Gasteiger partial charge in [-0.05, 0) is 32.8 Å². The third kappa shape index (κ3) is 7.85. The van der Waals surface area contributed by atoms with E-state index in [-0.39, 0.29) is 74.7 Å². The first-order valence-electron chi connectivity index (χ1n) is 21.1. The molecular formula is C46H63N3O11. The topological polar surface area (TPSA) is 173 Å². The number of aliphatic hydroxyl groups excluding tert-OH is 1. The highest BCUT2D eigenvalue weighted by Crippen LogP contribution is 2.49. The Bertz CT molecular complexity index is 2030. The first kappa shape index (κ1) is 45.2. The van der Waals surface area contributed by atoms with Gasteiger partial charge in [-0.25, -0.2) is 0 Å². The van der Waals surface area contributed by atoms with Gasteiger partial charge in [-0.1, -0.05) is 59.8 Å². The highest BCUT2D eigenvalue weighted by molar-refractivity contribution is 6.32. The first-order chi connectivity index (χ1) is 28.2. The molecule has 7 heterocycles. The van der Waals surface area contributed by atoms with Gasteiger partial charge in [-0.15, -0.1) is 0 Å². The molecule has 0 radical (unpaired) electrons. The lowest BCUT2D eigenvalue weighted by atomic mass is 9.70. The molecule has 0 saturated carbocycles. The molecule has 2 fully saturated rings. The second kappa shape index (κ2) is 17.2. The molecule has 0 spiro atoms. The summed E-state index contributed by atoms with van der Waals surface area (Å²) in [6, 6.07) is 0. The van der Waals surface area contributed by atoms with Crippen molar-refractivity contribution in [1.29, 1.82) is 0 Å². The molecule has 14 nitrogen and oxygen atoms in total. The number of amides is 1. The van der Waals surface area contributed by atoms with Crippen LogP contribution < -0.4 is 10.1 Å². The Hall–Kier alpha value is -4.34. The summed E-state index contributed by atoms with van der Waals surface area (Å²) in [5.41, 5.74) is -1.58. The molecule has 10 atom stereocenters. The first-order valence-corrected chi connectivity index (χ1v) is 21.1. The smallest absolute Gasteiger partial charge is 0.312 e. The number of carbonyl (C=O) groups excluding carboxylic acids is 4. The van der Waals surface area contributed by atoms with E-state index in [0.717, 1.165) is 6.54 Å². The number of nitrogens with one attached hydrogen (secondary N) is 1. The average Bonchev–Trinajstić information content (AvgIpc) is 3.47. The van der Waals surface area contributed by atoms with Crippen LogP contribution in [0.3, 0.4) is 0 Å². The summed E-state index contributed by atoms with van der Waals surface area (Å²) >= 11 is 0. The predicted octanol–water partition coefficient (Wildman–Crippen LogP) is 5.11. The van der Waals surface area contributed by atoms with Crippen LogP contribution in [0.15, 0.2) is 47.5 Å². The lowest BCUT2D eigenvalue weighted by Crippen LogP contribution is -2.60. The quantitative estimate of drug-likeness (QED) is 0.358. The summed E-state index contributed by atoms with van der Waals surface area (Å²) in [5, 5.41) is 26.0. The molecule has 328 valence electrons. The maximum atomic E-state index is 15.0. The molecule has 1 aromatic rings. The van der Waals surface area contributed by atoms with Crippen molar-refractivity contribution >= 4 is 23.3 Å². The average molecular weight is 834 g/mol. The largest absolute Gasteiger partial charge is 0.507 e. The molecule has 1 aliphatic carbocycles. The number of hydrogen-bond donors (Lipinski definition) is 3. The summed E-state index contributed by atoms with van der Waals surface area (Å²) in [4.78, 5) is 62.2. The van der Waals surface area contributed by atoms with E-state index < -0.39 is 58.7 Å². The van der Waals surface area contributed by atoms with Crippen molar-refractivity contribution in [3.05, 3.63) is 69.8 Å². The van der Waals surface area contributed by atoms with E-state index >= 15 is 0 Å². The minimum Gasteiger partial charge on any atom is -0.507 e. The Kier molecular flexibility index (Phi) is 13.0. The van der Waals surface area contributed by atoms with Gasteiger partial charge in [0.15, 0.2) is 0 Å². The number of aromatic hydroxyl groups is 1. The number of phenolic OH excluding ortho intramolecular Hbond substituents is 1. The zero-order valence-electron chi connectivity index (χ0n) is 37.1. The maximum absolute atomic E-state index is 15.0. The Morgan fingerprint density at radius 2 is 1.58 bits per heavy atom. The van der Waals surface area contributed by atoms with E-state index in [4.69, 9.17) is 23.7 Å². The van der Waals surface area contributed by atoms with Gasteiger partial charge in [0, 0.05) is 88.7 Å². The molecule has 7 aliphatic heterocycles. The zero-order chi connectivity index (χ0) is 44.2. The number of benzene rings is 1. The number of hydrogen-bond acceptors (Lipinski definition) is 13. The minimum atomic E-state index is -1.99. The summed E-state index contributed by atoms with van der Waals surface area (Å²) < 4.78 is 30.5. The molecule has 3 N–H and O–H groups in total. The molecular weight excluding hydrogens is 771 g/mol. The molecule has 1 amide bonds. The number of ketones is 3. The number of Topliss-reactive ketones (excluding diaryl/α,β-unsaturated/α-hetero) is 3. The van der Waals surface area contributed by atoms with Crippen LogP contribution >= 0.6 is 0 Å². The third-order valence-electron chi connectivity index (χ3n) is 13.5. The van der Waals surface area contributed by atoms with Crippen molar-refractivity contribution < 1.29 is 53.1 Å². The minimum absolute atomic E-state index is 0.00633. The highest BCUT2D eigenvalue weighted by Gasteiger charge is 2.54. The van der Waals surface area contributed by atoms with Crippen molar-refractivity contribution in [3.8, 4) is 11.5 Å². The summed E-state index contributed by atoms with van der Waals surface area (Å²) in [5.74, 6) is -5.95. The number of allylic oxidation sites excluding steroid dienone is 4. The molecule has 10 unspecified atom stereocenters. The Labute approximate surface area is 353 Å². The van der Waals surface area contributed by atoms with Crippen molar-refractivity contribution in [3.63, 3.8) is 0 Å². The van der Waals surface area contributed by atoms with Gasteiger partial charge >= 0.3 is 5.79 Å². The van der Waals surface area contributed by atoms with Gasteiger partial charge in [0.05, 0.1) is 53.0 Å². The molecule has 0 aromatic heterocycles. The van der Waals surface area contributed by atoms with Crippen LogP contribution in [0.4, 0.5) is 0 Å². The van der Waals surface area contributed by atoms with Crippen molar-refractivity contribution in [2.75, 3.05) is 46.9 Å². The fraction of sp³-hybridized carbons (Fsp3) is 0.609. The van der Waals surface area contributed by atoms with E-state index in [1.807, 2.05) is 33.8 Å². The van der Waals surface area contributed by atoms with E-state index in [2.05, 4.69) is 31.0 Å². The zero-order valence-corrected chi connectivity index (χ0v) is 37.1. The predicted molar refractivity (Wildman–Crippen MR) is 224 cm³/mol. The van der Waals surface area contributed by atoms with E-state index in [1.165, 1.54) is 27.2 Å². The monoisotopic (exact) mass is 833 g/mol.